The Morgan fingerprint density at radius 2 is 1.65 bits per heavy atom. The molecule has 1 rings (SSSR count). The number of benzene rings is 1. The fourth-order valence-corrected chi connectivity index (χ4v) is 2.25. The molecule has 0 amide bonds. The monoisotopic (exact) mass is 342 g/mol. The lowest BCUT2D eigenvalue weighted by molar-refractivity contribution is 0.0693. The van der Waals surface area contributed by atoms with Crippen LogP contribution >= 0.6 is 26.2 Å². The molecule has 10 heteroatoms. The maximum absolute atomic E-state index is 12.4. The summed E-state index contributed by atoms with van der Waals surface area (Å²) in [6.07, 6.45) is 0. The first kappa shape index (κ1) is 14.0. The SMILES string of the molecule is O=C(O)c1cc(S(F)(F)(F)(F)F)cc(Br)c1O. The molecule has 0 spiro atoms. The van der Waals surface area contributed by atoms with Gasteiger partial charge in [-0.1, -0.05) is 19.4 Å². The highest BCUT2D eigenvalue weighted by atomic mass is 79.9. The molecule has 1 aromatic rings. The molecule has 17 heavy (non-hydrogen) atoms. The van der Waals surface area contributed by atoms with E-state index in [1.54, 1.807) is 0 Å². The summed E-state index contributed by atoms with van der Waals surface area (Å²) >= 11 is 2.38. The fraction of sp³-hybridized carbons (Fsp3) is 0. The number of aromatic carboxylic acids is 1. The molecule has 3 nitrogen and oxygen atoms in total. The van der Waals surface area contributed by atoms with Crippen LogP contribution in [-0.4, -0.2) is 16.2 Å². The Kier molecular flexibility index (Phi) is 2.51. The highest BCUT2D eigenvalue weighted by Crippen LogP contribution is 3.02. The number of carbonyl (C=O) groups is 1. The van der Waals surface area contributed by atoms with Crippen LogP contribution in [0, 0.1) is 0 Å². The first-order valence-corrected chi connectivity index (χ1v) is 6.46. The molecule has 98 valence electrons. The second-order valence-electron chi connectivity index (χ2n) is 3.08. The van der Waals surface area contributed by atoms with E-state index in [9.17, 15) is 24.2 Å². The number of hydrogen-bond donors (Lipinski definition) is 2. The molecule has 0 bridgehead atoms. The van der Waals surface area contributed by atoms with Crippen molar-refractivity contribution < 1.29 is 34.4 Å². The van der Waals surface area contributed by atoms with Crippen LogP contribution in [0.2, 0.25) is 0 Å². The maximum Gasteiger partial charge on any atom is 0.339 e. The van der Waals surface area contributed by atoms with E-state index < -0.39 is 36.9 Å². The Balaban J connectivity index is 3.68. The Labute approximate surface area is 99.7 Å². The molecule has 2 N–H and O–H groups in total. The number of rotatable bonds is 2. The van der Waals surface area contributed by atoms with Crippen molar-refractivity contribution in [3.63, 3.8) is 0 Å². The molecule has 0 radical (unpaired) electrons. The number of aromatic hydroxyl groups is 1. The number of halogens is 6. The van der Waals surface area contributed by atoms with Gasteiger partial charge < -0.3 is 10.2 Å². The van der Waals surface area contributed by atoms with Gasteiger partial charge >= 0.3 is 16.2 Å². The third kappa shape index (κ3) is 3.00. The van der Waals surface area contributed by atoms with Gasteiger partial charge in [-0.3, -0.25) is 0 Å². The van der Waals surface area contributed by atoms with E-state index in [0.29, 0.717) is 0 Å². The Morgan fingerprint density at radius 1 is 1.18 bits per heavy atom. The fourth-order valence-electron chi connectivity index (χ4n) is 0.960. The third-order valence-corrected chi connectivity index (χ3v) is 3.44. The van der Waals surface area contributed by atoms with E-state index in [2.05, 4.69) is 15.9 Å². The van der Waals surface area contributed by atoms with Gasteiger partial charge in [0.05, 0.1) is 4.47 Å². The predicted octanol–water partition coefficient (Wildman–Crippen LogP) is 4.51. The lowest BCUT2D eigenvalue weighted by atomic mass is 10.2. The van der Waals surface area contributed by atoms with E-state index in [1.807, 2.05) is 0 Å². The zero-order chi connectivity index (χ0) is 13.7. The van der Waals surface area contributed by atoms with E-state index >= 15 is 0 Å². The van der Waals surface area contributed by atoms with Crippen LogP contribution in [-0.2, 0) is 0 Å². The predicted molar refractivity (Wildman–Crippen MR) is 54.2 cm³/mol. The number of carboxylic acid groups (broad SMARTS) is 1. The van der Waals surface area contributed by atoms with Gasteiger partial charge in [-0.2, -0.15) is 0 Å². The minimum Gasteiger partial charge on any atom is -0.506 e. The summed E-state index contributed by atoms with van der Waals surface area (Å²) in [4.78, 5) is 8.10. The number of carboxylic acids is 1. The molecule has 0 saturated heterocycles. The summed E-state index contributed by atoms with van der Waals surface area (Å²) in [6.45, 7) is 0. The molecule has 0 aliphatic heterocycles. The highest BCUT2D eigenvalue weighted by Gasteiger charge is 2.65. The average molecular weight is 343 g/mol. The molecule has 0 fully saturated rings. The smallest absolute Gasteiger partial charge is 0.339 e. The maximum atomic E-state index is 12.4. The average Bonchev–Trinajstić information content (AvgIpc) is 2.04. The van der Waals surface area contributed by atoms with Gasteiger partial charge in [0.2, 0.25) is 0 Å². The van der Waals surface area contributed by atoms with Gasteiger partial charge in [-0.05, 0) is 28.1 Å². The van der Waals surface area contributed by atoms with Crippen molar-refractivity contribution in [1.29, 1.82) is 0 Å². The summed E-state index contributed by atoms with van der Waals surface area (Å²) in [7, 11) is -9.98. The van der Waals surface area contributed by atoms with Crippen LogP contribution in [0.4, 0.5) is 19.4 Å². The van der Waals surface area contributed by atoms with Crippen LogP contribution in [0.25, 0.3) is 0 Å². The molecule has 0 aromatic heterocycles. The minimum absolute atomic E-state index is 0.0661. The largest absolute Gasteiger partial charge is 0.506 e. The molecule has 0 aliphatic carbocycles. The Hall–Kier alpha value is -1.03. The summed E-state index contributed by atoms with van der Waals surface area (Å²) in [5, 5.41) is 17.6. The highest BCUT2D eigenvalue weighted by molar-refractivity contribution is 9.10. The molecule has 1 aromatic carbocycles. The van der Waals surface area contributed by atoms with Gasteiger partial charge in [0.1, 0.15) is 16.2 Å². The summed E-state index contributed by atoms with van der Waals surface area (Å²) < 4.78 is 61.3. The molecular formula is C7H4BrF5O3S. The molecule has 0 saturated carbocycles. The van der Waals surface area contributed by atoms with E-state index in [4.69, 9.17) is 10.2 Å². The first-order chi connectivity index (χ1) is 7.22. The van der Waals surface area contributed by atoms with Crippen LogP contribution in [0.15, 0.2) is 21.5 Å². The van der Waals surface area contributed by atoms with Gasteiger partial charge in [0, 0.05) is 0 Å². The molecule has 0 heterocycles. The van der Waals surface area contributed by atoms with E-state index in [-0.39, 0.29) is 12.1 Å². The summed E-state index contributed by atoms with van der Waals surface area (Å²) in [5.41, 5.74) is -1.26. The van der Waals surface area contributed by atoms with Crippen molar-refractivity contribution in [2.24, 2.45) is 0 Å². The van der Waals surface area contributed by atoms with Crippen LogP contribution in [0.3, 0.4) is 0 Å². The van der Waals surface area contributed by atoms with E-state index in [1.165, 1.54) is 0 Å². The molecule has 0 atom stereocenters. The topological polar surface area (TPSA) is 57.5 Å². The molecule has 0 unspecified atom stereocenters. The van der Waals surface area contributed by atoms with Gasteiger partial charge in [-0.25, -0.2) is 4.79 Å². The van der Waals surface area contributed by atoms with Crippen molar-refractivity contribution in [3.05, 3.63) is 22.2 Å². The normalized spacial score (nSPS) is 16.1. The third-order valence-electron chi connectivity index (χ3n) is 1.71. The second-order valence-corrected chi connectivity index (χ2v) is 6.34. The van der Waals surface area contributed by atoms with Crippen LogP contribution < -0.4 is 0 Å². The Bertz CT molecular complexity index is 512. The molecular weight excluding hydrogens is 339 g/mol. The van der Waals surface area contributed by atoms with Crippen LogP contribution in [0.5, 0.6) is 5.75 Å². The number of phenols is 1. The van der Waals surface area contributed by atoms with Crippen molar-refractivity contribution in [2.45, 2.75) is 4.90 Å². The van der Waals surface area contributed by atoms with Crippen molar-refractivity contribution >= 4 is 32.1 Å². The van der Waals surface area contributed by atoms with Gasteiger partial charge in [0.15, 0.2) is 0 Å². The quantitative estimate of drug-likeness (QED) is 0.777. The molecule has 0 aliphatic rings. The lowest BCUT2D eigenvalue weighted by Crippen LogP contribution is -2.08. The van der Waals surface area contributed by atoms with Gasteiger partial charge in [0.25, 0.3) is 0 Å². The standard InChI is InChI=1S/C7H4BrF5O3S/c8-5-2-3(17(9,10,11,12)13)1-4(6(5)14)7(15)16/h1-2,14H,(H,15,16). The minimum atomic E-state index is -9.98. The van der Waals surface area contributed by atoms with E-state index in [0.717, 1.165) is 0 Å². The van der Waals surface area contributed by atoms with Crippen molar-refractivity contribution in [2.75, 3.05) is 0 Å². The van der Waals surface area contributed by atoms with Crippen LogP contribution in [0.1, 0.15) is 10.4 Å². The van der Waals surface area contributed by atoms with Crippen molar-refractivity contribution in [3.8, 4) is 5.75 Å². The second kappa shape index (κ2) is 3.05. The first-order valence-electron chi connectivity index (χ1n) is 3.72. The summed E-state index contributed by atoms with van der Waals surface area (Å²) in [5.74, 6) is -3.00. The zero-order valence-electron chi connectivity index (χ0n) is 7.63. The summed E-state index contributed by atoms with van der Waals surface area (Å²) in [6, 6.07) is -0.368. The Morgan fingerprint density at radius 3 is 2.00 bits per heavy atom. The van der Waals surface area contributed by atoms with Crippen molar-refractivity contribution in [1.82, 2.24) is 0 Å². The lowest BCUT2D eigenvalue weighted by Gasteiger charge is -2.40. The zero-order valence-corrected chi connectivity index (χ0v) is 10.0. The van der Waals surface area contributed by atoms with Gasteiger partial charge in [-0.15, -0.1) is 0 Å². The number of hydrogen-bond acceptors (Lipinski definition) is 2.